The summed E-state index contributed by atoms with van der Waals surface area (Å²) in [7, 11) is -3.63. The van der Waals surface area contributed by atoms with Gasteiger partial charge < -0.3 is 0 Å². The molecule has 0 saturated heterocycles. The van der Waals surface area contributed by atoms with Crippen molar-refractivity contribution in [3.8, 4) is 11.3 Å². The van der Waals surface area contributed by atoms with Crippen LogP contribution in [-0.2, 0) is 16.6 Å². The molecule has 3 aromatic rings. The third kappa shape index (κ3) is 4.51. The maximum Gasteiger partial charge on any atom is 0.246 e. The van der Waals surface area contributed by atoms with Gasteiger partial charge in [0.25, 0.3) is 0 Å². The fourth-order valence-corrected chi connectivity index (χ4v) is 5.01. The molecule has 0 spiro atoms. The van der Waals surface area contributed by atoms with Gasteiger partial charge in [-0.2, -0.15) is 9.40 Å². The van der Waals surface area contributed by atoms with Crippen molar-refractivity contribution in [3.05, 3.63) is 72.4 Å². The molecule has 1 aromatic heterocycles. The topological polar surface area (TPSA) is 55.2 Å². The van der Waals surface area contributed by atoms with Crippen LogP contribution in [0, 0.1) is 0 Å². The maximum atomic E-state index is 13.4. The highest BCUT2D eigenvalue weighted by Crippen LogP contribution is 2.29. The first-order chi connectivity index (χ1) is 13.6. The average Bonchev–Trinajstić information content (AvgIpc) is 3.14. The largest absolute Gasteiger partial charge is 0.266 e. The van der Waals surface area contributed by atoms with E-state index in [1.165, 1.54) is 0 Å². The molecule has 28 heavy (non-hydrogen) atoms. The molecule has 6 heteroatoms. The summed E-state index contributed by atoms with van der Waals surface area (Å²) in [6, 6.07) is 19.4. The summed E-state index contributed by atoms with van der Waals surface area (Å²) in [6.45, 7) is 5.53. The molecule has 148 valence electrons. The normalized spacial score (nSPS) is 11.8. The summed E-state index contributed by atoms with van der Waals surface area (Å²) in [5, 5.41) is 4.66. The Kier molecular flexibility index (Phi) is 6.65. The number of hydrogen-bond acceptors (Lipinski definition) is 3. The molecule has 0 N–H and O–H groups in total. The standard InChI is InChI=1S/C22H27N3O2S/c1-3-15-25(16-4-2)28(26,27)21-18-24(17-19-11-7-5-8-12-19)23-22(21)20-13-9-6-10-14-20/h5-14,18H,3-4,15-17H2,1-2H3. The molecule has 0 aliphatic heterocycles. The van der Waals surface area contributed by atoms with Crippen molar-refractivity contribution in [2.75, 3.05) is 13.1 Å². The Morgan fingerprint density at radius 3 is 2.04 bits per heavy atom. The SMILES string of the molecule is CCCN(CCC)S(=O)(=O)c1cn(Cc2ccccc2)nc1-c1ccccc1. The van der Waals surface area contributed by atoms with Crippen molar-refractivity contribution in [2.24, 2.45) is 0 Å². The molecule has 0 unspecified atom stereocenters. The molecule has 0 radical (unpaired) electrons. The van der Waals surface area contributed by atoms with Crippen LogP contribution < -0.4 is 0 Å². The van der Waals surface area contributed by atoms with Crippen molar-refractivity contribution in [1.29, 1.82) is 0 Å². The lowest BCUT2D eigenvalue weighted by Crippen LogP contribution is -2.32. The van der Waals surface area contributed by atoms with E-state index >= 15 is 0 Å². The third-order valence-corrected chi connectivity index (χ3v) is 6.43. The second-order valence-corrected chi connectivity index (χ2v) is 8.70. The van der Waals surface area contributed by atoms with E-state index in [1.54, 1.807) is 15.2 Å². The highest BCUT2D eigenvalue weighted by Gasteiger charge is 2.29. The van der Waals surface area contributed by atoms with Crippen molar-refractivity contribution in [3.63, 3.8) is 0 Å². The van der Waals surface area contributed by atoms with Crippen molar-refractivity contribution < 1.29 is 8.42 Å². The number of rotatable bonds is 9. The summed E-state index contributed by atoms with van der Waals surface area (Å²) in [4.78, 5) is 0.275. The van der Waals surface area contributed by atoms with E-state index in [2.05, 4.69) is 5.10 Å². The zero-order valence-electron chi connectivity index (χ0n) is 16.5. The minimum atomic E-state index is -3.63. The van der Waals surface area contributed by atoms with Gasteiger partial charge in [0.1, 0.15) is 10.6 Å². The van der Waals surface area contributed by atoms with Crippen LogP contribution in [0.5, 0.6) is 0 Å². The van der Waals surface area contributed by atoms with Crippen molar-refractivity contribution in [2.45, 2.75) is 38.1 Å². The van der Waals surface area contributed by atoms with Crippen LogP contribution in [0.25, 0.3) is 11.3 Å². The van der Waals surface area contributed by atoms with Gasteiger partial charge in [-0.25, -0.2) is 8.42 Å². The van der Waals surface area contributed by atoms with Crippen LogP contribution in [-0.4, -0.2) is 35.6 Å². The molecule has 0 atom stereocenters. The lowest BCUT2D eigenvalue weighted by molar-refractivity contribution is 0.410. The Morgan fingerprint density at radius 2 is 1.46 bits per heavy atom. The Labute approximate surface area is 167 Å². The van der Waals surface area contributed by atoms with E-state index in [0.29, 0.717) is 25.3 Å². The number of hydrogen-bond donors (Lipinski definition) is 0. The highest BCUT2D eigenvalue weighted by atomic mass is 32.2. The highest BCUT2D eigenvalue weighted by molar-refractivity contribution is 7.89. The van der Waals surface area contributed by atoms with Gasteiger partial charge in [0.05, 0.1) is 6.54 Å². The Morgan fingerprint density at radius 1 is 0.893 bits per heavy atom. The Balaban J connectivity index is 2.07. The molecule has 0 amide bonds. The zero-order chi connectivity index (χ0) is 20.0. The van der Waals surface area contributed by atoms with Crippen LogP contribution in [0.1, 0.15) is 32.3 Å². The minimum absolute atomic E-state index is 0.275. The second-order valence-electron chi connectivity index (χ2n) is 6.80. The van der Waals surface area contributed by atoms with Crippen LogP contribution in [0.4, 0.5) is 0 Å². The van der Waals surface area contributed by atoms with Gasteiger partial charge >= 0.3 is 0 Å². The van der Waals surface area contributed by atoms with Crippen molar-refractivity contribution >= 4 is 10.0 Å². The smallest absolute Gasteiger partial charge is 0.246 e. The number of aromatic nitrogens is 2. The van der Waals surface area contributed by atoms with Crippen LogP contribution in [0.3, 0.4) is 0 Å². The van der Waals surface area contributed by atoms with E-state index < -0.39 is 10.0 Å². The molecule has 0 saturated carbocycles. The van der Waals surface area contributed by atoms with Gasteiger partial charge in [0, 0.05) is 24.8 Å². The quantitative estimate of drug-likeness (QED) is 0.537. The first-order valence-corrected chi connectivity index (χ1v) is 11.2. The summed E-state index contributed by atoms with van der Waals surface area (Å²) >= 11 is 0. The number of benzene rings is 2. The molecule has 5 nitrogen and oxygen atoms in total. The fraction of sp³-hybridized carbons (Fsp3) is 0.318. The molecule has 0 fully saturated rings. The lowest BCUT2D eigenvalue weighted by atomic mass is 10.2. The Hall–Kier alpha value is -2.44. The number of sulfonamides is 1. The predicted octanol–water partition coefficient (Wildman–Crippen LogP) is 4.41. The monoisotopic (exact) mass is 397 g/mol. The van der Waals surface area contributed by atoms with E-state index in [1.807, 2.05) is 74.5 Å². The van der Waals surface area contributed by atoms with Gasteiger partial charge in [0.2, 0.25) is 10.0 Å². The summed E-state index contributed by atoms with van der Waals surface area (Å²) in [5.41, 5.74) is 2.39. The molecule has 0 aliphatic carbocycles. The third-order valence-electron chi connectivity index (χ3n) is 4.53. The molecular formula is C22H27N3O2S. The van der Waals surface area contributed by atoms with Gasteiger partial charge in [-0.1, -0.05) is 74.5 Å². The van der Waals surface area contributed by atoms with Gasteiger partial charge in [-0.05, 0) is 18.4 Å². The fourth-order valence-electron chi connectivity index (χ4n) is 3.23. The van der Waals surface area contributed by atoms with E-state index in [9.17, 15) is 8.42 Å². The molecule has 2 aromatic carbocycles. The van der Waals surface area contributed by atoms with Crippen molar-refractivity contribution in [1.82, 2.24) is 14.1 Å². The first-order valence-electron chi connectivity index (χ1n) is 9.73. The molecule has 0 aliphatic rings. The summed E-state index contributed by atoms with van der Waals surface area (Å²) < 4.78 is 30.2. The number of nitrogens with zero attached hydrogens (tertiary/aromatic N) is 3. The molecule has 1 heterocycles. The van der Waals surface area contributed by atoms with Crippen LogP contribution >= 0.6 is 0 Å². The van der Waals surface area contributed by atoms with E-state index in [0.717, 1.165) is 24.0 Å². The van der Waals surface area contributed by atoms with E-state index in [4.69, 9.17) is 0 Å². The average molecular weight is 398 g/mol. The first kappa shape index (κ1) is 20.3. The van der Waals surface area contributed by atoms with Gasteiger partial charge in [-0.3, -0.25) is 4.68 Å². The lowest BCUT2D eigenvalue weighted by Gasteiger charge is -2.20. The Bertz CT molecular complexity index is 977. The zero-order valence-corrected chi connectivity index (χ0v) is 17.3. The molecule has 0 bridgehead atoms. The summed E-state index contributed by atoms with van der Waals surface area (Å²) in [6.07, 6.45) is 3.22. The molecular weight excluding hydrogens is 370 g/mol. The summed E-state index contributed by atoms with van der Waals surface area (Å²) in [5.74, 6) is 0. The second kappa shape index (κ2) is 9.17. The van der Waals surface area contributed by atoms with Gasteiger partial charge in [0.15, 0.2) is 0 Å². The minimum Gasteiger partial charge on any atom is -0.266 e. The predicted molar refractivity (Wildman–Crippen MR) is 113 cm³/mol. The van der Waals surface area contributed by atoms with Crippen LogP contribution in [0.2, 0.25) is 0 Å². The maximum absolute atomic E-state index is 13.4. The van der Waals surface area contributed by atoms with Gasteiger partial charge in [-0.15, -0.1) is 0 Å². The van der Waals surface area contributed by atoms with Crippen LogP contribution in [0.15, 0.2) is 71.8 Å². The molecule has 3 rings (SSSR count). The van der Waals surface area contributed by atoms with E-state index in [-0.39, 0.29) is 4.90 Å².